The van der Waals surface area contributed by atoms with Gasteiger partial charge in [-0.05, 0) is 38.5 Å². The second-order valence-electron chi connectivity index (χ2n) is 14.7. The molecule has 6 nitrogen and oxygen atoms in total. The molecule has 0 aliphatic heterocycles. The van der Waals surface area contributed by atoms with Crippen LogP contribution < -0.4 is 5.32 Å². The minimum Gasteiger partial charge on any atom is -0.394 e. The fraction of sp³-hybridized carbons (Fsp3) is 0.929. The van der Waals surface area contributed by atoms with Gasteiger partial charge in [-0.25, -0.2) is 0 Å². The van der Waals surface area contributed by atoms with Crippen LogP contribution in [0.25, 0.3) is 0 Å². The third-order valence-electron chi connectivity index (χ3n) is 9.98. The molecule has 6 heteroatoms. The lowest BCUT2D eigenvalue weighted by molar-refractivity contribution is -0.132. The predicted molar refractivity (Wildman–Crippen MR) is 205 cm³/mol. The SMILES string of the molecule is CCCCCCCCCCC/C=C/CCCC(O)C(O)C(CO)NC(=O)C(O)CCCCCCCCCCCCCCCCCCCC. The smallest absolute Gasteiger partial charge is 0.249 e. The largest absolute Gasteiger partial charge is 0.394 e. The summed E-state index contributed by atoms with van der Waals surface area (Å²) in [6, 6.07) is -0.996. The highest BCUT2D eigenvalue weighted by molar-refractivity contribution is 5.80. The minimum absolute atomic E-state index is 0.368. The van der Waals surface area contributed by atoms with E-state index >= 15 is 0 Å². The van der Waals surface area contributed by atoms with Gasteiger partial charge >= 0.3 is 0 Å². The van der Waals surface area contributed by atoms with Crippen LogP contribution in [0.2, 0.25) is 0 Å². The number of allylic oxidation sites excluding steroid dienone is 2. The van der Waals surface area contributed by atoms with Crippen molar-refractivity contribution < 1.29 is 25.2 Å². The lowest BCUT2D eigenvalue weighted by Crippen LogP contribution is -2.53. The van der Waals surface area contributed by atoms with Gasteiger partial charge in [0.25, 0.3) is 0 Å². The maximum Gasteiger partial charge on any atom is 0.249 e. The molecule has 286 valence electrons. The zero-order chi connectivity index (χ0) is 35.3. The summed E-state index contributed by atoms with van der Waals surface area (Å²) in [5.41, 5.74) is 0. The van der Waals surface area contributed by atoms with Crippen molar-refractivity contribution in [3.63, 3.8) is 0 Å². The highest BCUT2D eigenvalue weighted by Crippen LogP contribution is 2.16. The molecule has 0 fully saturated rings. The molecule has 5 N–H and O–H groups in total. The molecular weight excluding hydrogens is 598 g/mol. The molecule has 4 unspecified atom stereocenters. The van der Waals surface area contributed by atoms with Gasteiger partial charge in [0.15, 0.2) is 0 Å². The maximum atomic E-state index is 12.5. The zero-order valence-corrected chi connectivity index (χ0v) is 32.0. The van der Waals surface area contributed by atoms with Gasteiger partial charge < -0.3 is 25.7 Å². The van der Waals surface area contributed by atoms with Gasteiger partial charge in [-0.2, -0.15) is 0 Å². The Hall–Kier alpha value is -0.950. The van der Waals surface area contributed by atoms with Crippen LogP contribution in [-0.4, -0.2) is 57.3 Å². The van der Waals surface area contributed by atoms with E-state index in [1.165, 1.54) is 154 Å². The van der Waals surface area contributed by atoms with Gasteiger partial charge in [0.05, 0.1) is 18.8 Å². The molecule has 0 saturated carbocycles. The van der Waals surface area contributed by atoms with Crippen LogP contribution in [-0.2, 0) is 4.79 Å². The molecule has 0 bridgehead atoms. The fourth-order valence-corrected chi connectivity index (χ4v) is 6.58. The van der Waals surface area contributed by atoms with Gasteiger partial charge in [-0.1, -0.05) is 193 Å². The first-order valence-electron chi connectivity index (χ1n) is 21.1. The number of aliphatic hydroxyl groups is 4. The summed E-state index contributed by atoms with van der Waals surface area (Å²) in [5.74, 6) is -0.591. The minimum atomic E-state index is -1.28. The Morgan fingerprint density at radius 3 is 1.25 bits per heavy atom. The van der Waals surface area contributed by atoms with Gasteiger partial charge in [0, 0.05) is 0 Å². The van der Waals surface area contributed by atoms with Crippen molar-refractivity contribution in [1.82, 2.24) is 5.32 Å². The number of carbonyl (C=O) groups is 1. The van der Waals surface area contributed by atoms with Crippen molar-refractivity contribution in [2.24, 2.45) is 0 Å². The second kappa shape index (κ2) is 37.3. The lowest BCUT2D eigenvalue weighted by atomic mass is 10.00. The quantitative estimate of drug-likeness (QED) is 0.0329. The highest BCUT2D eigenvalue weighted by atomic mass is 16.3. The van der Waals surface area contributed by atoms with E-state index in [9.17, 15) is 25.2 Å². The van der Waals surface area contributed by atoms with Crippen molar-refractivity contribution in [2.45, 2.75) is 244 Å². The molecule has 0 aliphatic rings. The average Bonchev–Trinajstić information content (AvgIpc) is 3.09. The Balaban J connectivity index is 3.76. The van der Waals surface area contributed by atoms with E-state index in [1.807, 2.05) is 0 Å². The lowest BCUT2D eigenvalue weighted by Gasteiger charge is -2.27. The summed E-state index contributed by atoms with van der Waals surface area (Å²) in [4.78, 5) is 12.5. The standard InChI is InChI=1S/C42H83NO5/c1-3-5-7-9-11-13-15-17-19-20-21-22-24-26-28-30-32-34-36-40(46)42(48)43-38(37-44)41(47)39(45)35-33-31-29-27-25-23-18-16-14-12-10-8-6-4-2/h27,29,38-41,44-47H,3-26,28,30-37H2,1-2H3,(H,43,48)/b29-27+. The molecule has 0 radical (unpaired) electrons. The molecule has 1 amide bonds. The van der Waals surface area contributed by atoms with Gasteiger partial charge in [-0.15, -0.1) is 0 Å². The zero-order valence-electron chi connectivity index (χ0n) is 32.0. The number of rotatable bonds is 38. The van der Waals surface area contributed by atoms with Crippen LogP contribution >= 0.6 is 0 Å². The molecule has 0 aromatic carbocycles. The first-order valence-corrected chi connectivity index (χ1v) is 21.1. The molecule has 0 aromatic rings. The highest BCUT2D eigenvalue weighted by Gasteiger charge is 2.28. The first kappa shape index (κ1) is 47.0. The molecule has 4 atom stereocenters. The number of carbonyl (C=O) groups excluding carboxylic acids is 1. The van der Waals surface area contributed by atoms with Gasteiger partial charge in [0.2, 0.25) is 5.91 Å². The summed E-state index contributed by atoms with van der Waals surface area (Å²) in [7, 11) is 0. The number of aliphatic hydroxyl groups excluding tert-OH is 4. The number of nitrogens with one attached hydrogen (secondary N) is 1. The normalized spacial score (nSPS) is 14.4. The van der Waals surface area contributed by atoms with Crippen molar-refractivity contribution in [3.8, 4) is 0 Å². The van der Waals surface area contributed by atoms with Crippen LogP contribution in [0.3, 0.4) is 0 Å². The molecular formula is C42H83NO5. The summed E-state index contributed by atoms with van der Waals surface area (Å²) >= 11 is 0. The Morgan fingerprint density at radius 1 is 0.500 bits per heavy atom. The van der Waals surface area contributed by atoms with Gasteiger partial charge in [0.1, 0.15) is 12.2 Å². The van der Waals surface area contributed by atoms with E-state index in [4.69, 9.17) is 0 Å². The number of unbranched alkanes of at least 4 members (excludes halogenated alkanes) is 27. The third kappa shape index (κ3) is 31.1. The maximum absolute atomic E-state index is 12.5. The van der Waals surface area contributed by atoms with Crippen LogP contribution in [0, 0.1) is 0 Å². The van der Waals surface area contributed by atoms with Crippen LogP contribution in [0.4, 0.5) is 0 Å². The van der Waals surface area contributed by atoms with Crippen molar-refractivity contribution in [2.75, 3.05) is 6.61 Å². The predicted octanol–water partition coefficient (Wildman–Crippen LogP) is 10.6. The third-order valence-corrected chi connectivity index (χ3v) is 9.98. The number of amides is 1. The van der Waals surface area contributed by atoms with E-state index in [-0.39, 0.29) is 0 Å². The van der Waals surface area contributed by atoms with Crippen molar-refractivity contribution >= 4 is 5.91 Å². The van der Waals surface area contributed by atoms with Crippen molar-refractivity contribution in [1.29, 1.82) is 0 Å². The Labute approximate surface area is 298 Å². The van der Waals surface area contributed by atoms with E-state index in [1.54, 1.807) is 0 Å². The monoisotopic (exact) mass is 682 g/mol. The summed E-state index contributed by atoms with van der Waals surface area (Å²) < 4.78 is 0. The molecule has 0 aliphatic carbocycles. The summed E-state index contributed by atoms with van der Waals surface area (Å²) in [6.07, 6.45) is 39.5. The summed E-state index contributed by atoms with van der Waals surface area (Å²) in [5, 5.41) is 43.6. The molecule has 0 aromatic heterocycles. The second-order valence-corrected chi connectivity index (χ2v) is 14.7. The average molecular weight is 682 g/mol. The summed E-state index contributed by atoms with van der Waals surface area (Å²) in [6.45, 7) is 4.04. The van der Waals surface area contributed by atoms with Gasteiger partial charge in [-0.3, -0.25) is 4.79 Å². The molecule has 0 saturated heterocycles. The van der Waals surface area contributed by atoms with E-state index in [0.717, 1.165) is 38.5 Å². The van der Waals surface area contributed by atoms with E-state index < -0.39 is 36.9 Å². The first-order chi connectivity index (χ1) is 23.5. The van der Waals surface area contributed by atoms with E-state index in [2.05, 4.69) is 31.3 Å². The fourth-order valence-electron chi connectivity index (χ4n) is 6.58. The van der Waals surface area contributed by atoms with Crippen LogP contribution in [0.15, 0.2) is 12.2 Å². The Kier molecular flexibility index (Phi) is 36.6. The Morgan fingerprint density at radius 2 is 0.854 bits per heavy atom. The van der Waals surface area contributed by atoms with Crippen molar-refractivity contribution in [3.05, 3.63) is 12.2 Å². The molecule has 0 rings (SSSR count). The molecule has 0 heterocycles. The number of hydrogen-bond donors (Lipinski definition) is 5. The number of hydrogen-bond acceptors (Lipinski definition) is 5. The topological polar surface area (TPSA) is 110 Å². The van der Waals surface area contributed by atoms with E-state index in [0.29, 0.717) is 12.8 Å². The van der Waals surface area contributed by atoms with Crippen LogP contribution in [0.1, 0.15) is 219 Å². The Bertz CT molecular complexity index is 687. The molecule has 48 heavy (non-hydrogen) atoms. The molecule has 0 spiro atoms. The van der Waals surface area contributed by atoms with Crippen LogP contribution in [0.5, 0.6) is 0 Å².